The molecule has 5 N–H and O–H groups in total. The number of carbonyl (C=O) groups excluding carboxylic acids is 1. The summed E-state index contributed by atoms with van der Waals surface area (Å²) >= 11 is 0. The molecule has 35 heavy (non-hydrogen) atoms. The smallest absolute Gasteiger partial charge is 0.222 e. The maximum atomic E-state index is 11.8. The summed E-state index contributed by atoms with van der Waals surface area (Å²) in [4.78, 5) is 20.1. The van der Waals surface area contributed by atoms with E-state index in [0.29, 0.717) is 23.4 Å². The summed E-state index contributed by atoms with van der Waals surface area (Å²) in [6.45, 7) is 3.22. The monoisotopic (exact) mass is 468 g/mol. The number of nitrogens with zero attached hydrogens (tertiary/aromatic N) is 3. The Hall–Kier alpha value is -3.97. The van der Waals surface area contributed by atoms with Gasteiger partial charge in [-0.3, -0.25) is 15.2 Å². The van der Waals surface area contributed by atoms with E-state index in [9.17, 15) is 4.79 Å². The zero-order valence-electron chi connectivity index (χ0n) is 20.1. The average molecular weight is 469 g/mol. The minimum atomic E-state index is 0.186. The van der Waals surface area contributed by atoms with Gasteiger partial charge in [0.15, 0.2) is 0 Å². The molecule has 7 nitrogen and oxygen atoms in total. The Morgan fingerprint density at radius 1 is 1.17 bits per heavy atom. The first-order chi connectivity index (χ1) is 16.9. The number of hydrogen-bond acceptors (Lipinski definition) is 6. The molecule has 3 aromatic rings. The van der Waals surface area contributed by atoms with E-state index in [4.69, 9.17) is 16.9 Å². The topological polar surface area (TPSA) is 112 Å². The minimum absolute atomic E-state index is 0.186. The van der Waals surface area contributed by atoms with Gasteiger partial charge in [0.25, 0.3) is 0 Å². The van der Waals surface area contributed by atoms with Gasteiger partial charge in [-0.15, -0.1) is 0 Å². The molecule has 0 atom stereocenters. The number of nitrogens with one attached hydrogen (secondary N) is 1. The Morgan fingerprint density at radius 3 is 2.77 bits per heavy atom. The largest absolute Gasteiger partial charge is 0.398 e. The number of amides is 1. The lowest BCUT2D eigenvalue weighted by molar-refractivity contribution is -0.127. The van der Waals surface area contributed by atoms with E-state index in [2.05, 4.69) is 29.1 Å². The van der Waals surface area contributed by atoms with Gasteiger partial charge in [-0.05, 0) is 54.4 Å². The van der Waals surface area contributed by atoms with Crippen LogP contribution in [0, 0.1) is 5.41 Å². The summed E-state index contributed by atoms with van der Waals surface area (Å²) in [7, 11) is 2.06. The second kappa shape index (κ2) is 11.0. The summed E-state index contributed by atoms with van der Waals surface area (Å²) in [5.74, 6) is 0.259. The van der Waals surface area contributed by atoms with Gasteiger partial charge in [-0.25, -0.2) is 0 Å². The highest BCUT2D eigenvalue weighted by molar-refractivity contribution is 6.15. The van der Waals surface area contributed by atoms with Crippen molar-refractivity contribution in [1.82, 2.24) is 14.8 Å². The van der Waals surface area contributed by atoms with E-state index >= 15 is 0 Å². The van der Waals surface area contributed by atoms with Crippen LogP contribution in [0.2, 0.25) is 0 Å². The van der Waals surface area contributed by atoms with E-state index < -0.39 is 0 Å². The Kier molecular flexibility index (Phi) is 7.57. The molecule has 2 heterocycles. The third-order valence-corrected chi connectivity index (χ3v) is 6.25. The maximum Gasteiger partial charge on any atom is 0.222 e. The summed E-state index contributed by atoms with van der Waals surface area (Å²) in [6, 6.07) is 17.6. The van der Waals surface area contributed by atoms with Gasteiger partial charge in [-0.1, -0.05) is 36.4 Å². The van der Waals surface area contributed by atoms with Crippen LogP contribution in [0.25, 0.3) is 17.2 Å². The number of likely N-dealkylation sites (N-methyl/N-ethyl adjacent to an activating group) is 1. The Labute approximate surface area is 206 Å². The molecule has 180 valence electrons. The molecule has 0 saturated carbocycles. The number of nitrogen functional groups attached to an aromatic ring is 1. The third kappa shape index (κ3) is 6.13. The number of rotatable bonds is 9. The lowest BCUT2D eigenvalue weighted by Gasteiger charge is -2.21. The molecule has 1 saturated heterocycles. The van der Waals surface area contributed by atoms with Gasteiger partial charge in [0, 0.05) is 61.8 Å². The van der Waals surface area contributed by atoms with Gasteiger partial charge in [0.2, 0.25) is 5.91 Å². The Bertz CT molecular complexity index is 1240. The molecule has 1 amide bonds. The van der Waals surface area contributed by atoms with E-state index in [1.165, 1.54) is 0 Å². The highest BCUT2D eigenvalue weighted by Gasteiger charge is 2.19. The number of benzene rings is 2. The van der Waals surface area contributed by atoms with Crippen molar-refractivity contribution in [2.45, 2.75) is 19.4 Å². The number of aromatic nitrogens is 1. The van der Waals surface area contributed by atoms with E-state index in [1.54, 1.807) is 18.5 Å². The zero-order valence-corrected chi connectivity index (χ0v) is 20.1. The molecule has 0 unspecified atom stereocenters. The molecule has 1 aliphatic rings. The fourth-order valence-electron chi connectivity index (χ4n) is 4.30. The van der Waals surface area contributed by atoms with Crippen molar-refractivity contribution < 1.29 is 4.79 Å². The van der Waals surface area contributed by atoms with Crippen LogP contribution in [0.4, 0.5) is 5.69 Å². The normalized spacial score (nSPS) is 14.1. The number of allylic oxidation sites excluding steroid dienone is 1. The van der Waals surface area contributed by atoms with Crippen LogP contribution in [0.5, 0.6) is 0 Å². The van der Waals surface area contributed by atoms with Gasteiger partial charge in [0.05, 0.1) is 11.4 Å². The zero-order chi connectivity index (χ0) is 24.8. The number of carbonyl (C=O) groups is 1. The quantitative estimate of drug-likeness (QED) is 0.327. The molecule has 0 radical (unpaired) electrons. The maximum absolute atomic E-state index is 11.8. The van der Waals surface area contributed by atoms with Gasteiger partial charge in [0.1, 0.15) is 0 Å². The lowest BCUT2D eigenvalue weighted by Crippen LogP contribution is -2.33. The van der Waals surface area contributed by atoms with Crippen molar-refractivity contribution in [3.63, 3.8) is 0 Å². The second-order valence-electron chi connectivity index (χ2n) is 8.99. The van der Waals surface area contributed by atoms with Crippen molar-refractivity contribution in [3.05, 3.63) is 89.4 Å². The third-order valence-electron chi connectivity index (χ3n) is 6.25. The molecule has 0 spiro atoms. The van der Waals surface area contributed by atoms with Crippen molar-refractivity contribution in [3.8, 4) is 11.1 Å². The fourth-order valence-corrected chi connectivity index (χ4v) is 4.30. The highest BCUT2D eigenvalue weighted by atomic mass is 16.2. The molecular weight excluding hydrogens is 436 g/mol. The summed E-state index contributed by atoms with van der Waals surface area (Å²) < 4.78 is 0. The van der Waals surface area contributed by atoms with Crippen LogP contribution >= 0.6 is 0 Å². The van der Waals surface area contributed by atoms with Crippen molar-refractivity contribution in [2.75, 3.05) is 32.4 Å². The van der Waals surface area contributed by atoms with E-state index in [-0.39, 0.29) is 11.6 Å². The van der Waals surface area contributed by atoms with Crippen LogP contribution in [0.1, 0.15) is 29.5 Å². The molecule has 4 rings (SSSR count). The van der Waals surface area contributed by atoms with E-state index in [1.807, 2.05) is 47.4 Å². The molecular formula is C28H32N6O. The number of anilines is 1. The second-order valence-corrected chi connectivity index (χ2v) is 8.99. The van der Waals surface area contributed by atoms with E-state index in [0.717, 1.165) is 54.9 Å². The van der Waals surface area contributed by atoms with Crippen molar-refractivity contribution in [1.29, 1.82) is 5.41 Å². The molecule has 1 aliphatic heterocycles. The van der Waals surface area contributed by atoms with Crippen LogP contribution in [-0.4, -0.2) is 53.1 Å². The SMILES string of the molecule is CN(CCN1CCCC1=O)Cc1cccc(/C=C(\N)C(=N)c2cc(-c3cccnc3)ccc2N)c1. The summed E-state index contributed by atoms with van der Waals surface area (Å²) in [5, 5.41) is 8.68. The summed E-state index contributed by atoms with van der Waals surface area (Å²) in [5.41, 5.74) is 18.1. The van der Waals surface area contributed by atoms with Crippen molar-refractivity contribution in [2.24, 2.45) is 5.73 Å². The average Bonchev–Trinajstić information content (AvgIpc) is 3.28. The number of nitrogens with two attached hydrogens (primary N) is 2. The molecule has 2 aromatic carbocycles. The standard InChI is InChI=1S/C28H32N6O/c1-33(13-14-34-12-4-8-27(34)35)19-21-6-2-5-20(15-21)16-26(30)28(31)24-17-22(9-10-25(24)29)23-7-3-11-32-18-23/h2-3,5-7,9-11,15-18,31H,4,8,12-14,19,29-30H2,1H3/b26-16-,31-28?. The van der Waals surface area contributed by atoms with Crippen LogP contribution in [0.3, 0.4) is 0 Å². The first kappa shape index (κ1) is 24.2. The molecule has 1 aromatic heterocycles. The van der Waals surface area contributed by atoms with Crippen molar-refractivity contribution >= 4 is 23.4 Å². The molecule has 0 bridgehead atoms. The van der Waals surface area contributed by atoms with Crippen LogP contribution in [-0.2, 0) is 11.3 Å². The number of pyridine rings is 1. The van der Waals surface area contributed by atoms with Gasteiger partial charge >= 0.3 is 0 Å². The molecule has 0 aliphatic carbocycles. The van der Waals surface area contributed by atoms with Crippen LogP contribution < -0.4 is 11.5 Å². The highest BCUT2D eigenvalue weighted by Crippen LogP contribution is 2.25. The molecule has 1 fully saturated rings. The predicted octanol–water partition coefficient (Wildman–Crippen LogP) is 3.75. The predicted molar refractivity (Wildman–Crippen MR) is 142 cm³/mol. The first-order valence-corrected chi connectivity index (χ1v) is 11.8. The Balaban J connectivity index is 1.44. The summed E-state index contributed by atoms with van der Waals surface area (Å²) in [6.07, 6.45) is 6.96. The Morgan fingerprint density at radius 2 is 2.03 bits per heavy atom. The minimum Gasteiger partial charge on any atom is -0.398 e. The van der Waals surface area contributed by atoms with Crippen LogP contribution in [0.15, 0.2) is 72.7 Å². The van der Waals surface area contributed by atoms with Gasteiger partial charge in [-0.2, -0.15) is 0 Å². The number of likely N-dealkylation sites (tertiary alicyclic amines) is 1. The first-order valence-electron chi connectivity index (χ1n) is 11.8. The van der Waals surface area contributed by atoms with Gasteiger partial charge < -0.3 is 21.3 Å². The number of hydrogen-bond donors (Lipinski definition) is 3. The molecule has 7 heteroatoms. The lowest BCUT2D eigenvalue weighted by atomic mass is 9.98. The fraction of sp³-hybridized carbons (Fsp3) is 0.250.